The van der Waals surface area contributed by atoms with Gasteiger partial charge in [-0.1, -0.05) is 45.7 Å². The number of para-hydroxylation sites is 1. The minimum Gasteiger partial charge on any atom is -0.485 e. The summed E-state index contributed by atoms with van der Waals surface area (Å²) in [6.07, 6.45) is 0.675. The van der Waals surface area contributed by atoms with Crippen molar-refractivity contribution in [2.45, 2.75) is 18.6 Å². The van der Waals surface area contributed by atoms with Gasteiger partial charge in [0, 0.05) is 33.1 Å². The molecule has 3 rings (SSSR count). The maximum absolute atomic E-state index is 6.23. The average Bonchev–Trinajstić information content (AvgIpc) is 2.41. The van der Waals surface area contributed by atoms with Crippen LogP contribution in [0.25, 0.3) is 0 Å². The predicted octanol–water partition coefficient (Wildman–Crippen LogP) is 4.63. The van der Waals surface area contributed by atoms with Crippen LogP contribution < -0.4 is 10.5 Å². The van der Waals surface area contributed by atoms with Gasteiger partial charge in [-0.15, -0.1) is 0 Å². The second-order valence-electron chi connectivity index (χ2n) is 4.65. The highest BCUT2D eigenvalue weighted by atomic mass is 79.9. The first kappa shape index (κ1) is 13.0. The molecule has 0 saturated carbocycles. The van der Waals surface area contributed by atoms with Crippen LogP contribution >= 0.6 is 27.5 Å². The SMILES string of the molecule is N[C@@H]1CC(c2cc(Cl)ccc2Br)Oc2ccccc21. The molecule has 1 heterocycles. The molecule has 0 fully saturated rings. The minimum absolute atomic E-state index is 0.0131. The highest BCUT2D eigenvalue weighted by Crippen LogP contribution is 2.41. The van der Waals surface area contributed by atoms with Crippen molar-refractivity contribution in [1.82, 2.24) is 0 Å². The summed E-state index contributed by atoms with van der Waals surface area (Å²) >= 11 is 9.61. The van der Waals surface area contributed by atoms with E-state index in [0.717, 1.165) is 27.8 Å². The van der Waals surface area contributed by atoms with Crippen LogP contribution in [0.1, 0.15) is 29.7 Å². The van der Waals surface area contributed by atoms with Crippen LogP contribution in [0.4, 0.5) is 0 Å². The Morgan fingerprint density at radius 1 is 1.16 bits per heavy atom. The molecule has 19 heavy (non-hydrogen) atoms. The summed E-state index contributed by atoms with van der Waals surface area (Å²) in [5, 5.41) is 0.703. The lowest BCUT2D eigenvalue weighted by Gasteiger charge is -2.31. The molecular formula is C15H13BrClNO. The Morgan fingerprint density at radius 2 is 1.95 bits per heavy atom. The minimum atomic E-state index is -0.0713. The smallest absolute Gasteiger partial charge is 0.127 e. The van der Waals surface area contributed by atoms with E-state index in [0.29, 0.717) is 5.02 Å². The van der Waals surface area contributed by atoms with Gasteiger partial charge in [0.05, 0.1) is 0 Å². The molecule has 4 heteroatoms. The van der Waals surface area contributed by atoms with Crippen molar-refractivity contribution in [3.8, 4) is 5.75 Å². The molecule has 0 amide bonds. The van der Waals surface area contributed by atoms with Crippen LogP contribution in [0.5, 0.6) is 5.75 Å². The van der Waals surface area contributed by atoms with E-state index in [1.54, 1.807) is 0 Å². The van der Waals surface area contributed by atoms with Gasteiger partial charge in [0.2, 0.25) is 0 Å². The molecular weight excluding hydrogens is 326 g/mol. The number of nitrogens with two attached hydrogens (primary N) is 1. The van der Waals surface area contributed by atoms with E-state index in [1.807, 2.05) is 42.5 Å². The summed E-state index contributed by atoms with van der Waals surface area (Å²) in [6, 6.07) is 13.6. The van der Waals surface area contributed by atoms with E-state index in [1.165, 1.54) is 0 Å². The van der Waals surface area contributed by atoms with Crippen LogP contribution in [-0.2, 0) is 0 Å². The first-order valence-corrected chi connectivity index (χ1v) is 7.28. The summed E-state index contributed by atoms with van der Waals surface area (Å²) in [6.45, 7) is 0. The predicted molar refractivity (Wildman–Crippen MR) is 80.5 cm³/mol. The zero-order valence-corrected chi connectivity index (χ0v) is 12.5. The van der Waals surface area contributed by atoms with E-state index in [9.17, 15) is 0 Å². The van der Waals surface area contributed by atoms with E-state index < -0.39 is 0 Å². The van der Waals surface area contributed by atoms with Crippen LogP contribution in [-0.4, -0.2) is 0 Å². The molecule has 2 N–H and O–H groups in total. The molecule has 0 radical (unpaired) electrons. The third kappa shape index (κ3) is 2.50. The highest BCUT2D eigenvalue weighted by molar-refractivity contribution is 9.10. The van der Waals surface area contributed by atoms with E-state index in [4.69, 9.17) is 22.1 Å². The fourth-order valence-corrected chi connectivity index (χ4v) is 3.09. The number of halogens is 2. The Hall–Kier alpha value is -1.03. The van der Waals surface area contributed by atoms with Crippen LogP contribution in [0.15, 0.2) is 46.9 Å². The molecule has 2 aromatic rings. The zero-order valence-electron chi connectivity index (χ0n) is 10.1. The Morgan fingerprint density at radius 3 is 2.79 bits per heavy atom. The van der Waals surface area contributed by atoms with Crippen molar-refractivity contribution in [3.05, 3.63) is 63.1 Å². The Balaban J connectivity index is 1.99. The standard InChI is InChI=1S/C15H13BrClNO/c16-12-6-5-9(17)7-11(12)15-8-13(18)10-3-1-2-4-14(10)19-15/h1-7,13,15H,8,18H2/t13-,15?/m1/s1. The third-order valence-electron chi connectivity index (χ3n) is 3.36. The van der Waals surface area contributed by atoms with Gasteiger partial charge >= 0.3 is 0 Å². The summed E-state index contributed by atoms with van der Waals surface area (Å²) in [5.74, 6) is 0.859. The quantitative estimate of drug-likeness (QED) is 0.823. The molecule has 0 bridgehead atoms. The van der Waals surface area contributed by atoms with Gasteiger partial charge in [-0.25, -0.2) is 0 Å². The van der Waals surface area contributed by atoms with E-state index in [-0.39, 0.29) is 12.1 Å². The van der Waals surface area contributed by atoms with Crippen LogP contribution in [0.2, 0.25) is 5.02 Å². The lowest BCUT2D eigenvalue weighted by atomic mass is 9.94. The van der Waals surface area contributed by atoms with E-state index >= 15 is 0 Å². The normalized spacial score (nSPS) is 21.6. The van der Waals surface area contributed by atoms with E-state index in [2.05, 4.69) is 15.9 Å². The molecule has 98 valence electrons. The number of hydrogen-bond acceptors (Lipinski definition) is 2. The van der Waals surface area contributed by atoms with Crippen molar-refractivity contribution < 1.29 is 4.74 Å². The summed E-state index contributed by atoms with van der Waals surface area (Å²) in [4.78, 5) is 0. The number of rotatable bonds is 1. The molecule has 0 aliphatic carbocycles. The molecule has 0 saturated heterocycles. The number of fused-ring (bicyclic) bond motifs is 1. The topological polar surface area (TPSA) is 35.2 Å². The summed E-state index contributed by atoms with van der Waals surface area (Å²) < 4.78 is 7.05. The van der Waals surface area contributed by atoms with Gasteiger partial charge in [0.15, 0.2) is 0 Å². The summed E-state index contributed by atoms with van der Waals surface area (Å²) in [7, 11) is 0. The monoisotopic (exact) mass is 337 g/mol. The molecule has 1 aliphatic rings. The van der Waals surface area contributed by atoms with Crippen LogP contribution in [0.3, 0.4) is 0 Å². The number of hydrogen-bond donors (Lipinski definition) is 1. The first-order chi connectivity index (χ1) is 9.15. The van der Waals surface area contributed by atoms with Crippen molar-refractivity contribution in [2.75, 3.05) is 0 Å². The van der Waals surface area contributed by atoms with Gasteiger partial charge in [0.25, 0.3) is 0 Å². The number of benzene rings is 2. The molecule has 1 unspecified atom stereocenters. The highest BCUT2D eigenvalue weighted by Gasteiger charge is 2.28. The van der Waals surface area contributed by atoms with Gasteiger partial charge in [-0.3, -0.25) is 0 Å². The van der Waals surface area contributed by atoms with Gasteiger partial charge in [0.1, 0.15) is 11.9 Å². The second-order valence-corrected chi connectivity index (χ2v) is 5.94. The summed E-state index contributed by atoms with van der Waals surface area (Å²) in [5.41, 5.74) is 8.34. The lowest BCUT2D eigenvalue weighted by Crippen LogP contribution is -2.24. The van der Waals surface area contributed by atoms with Gasteiger partial charge < -0.3 is 10.5 Å². The zero-order chi connectivity index (χ0) is 13.4. The Kier molecular flexibility index (Phi) is 3.52. The van der Waals surface area contributed by atoms with Crippen LogP contribution in [0, 0.1) is 0 Å². The second kappa shape index (κ2) is 5.16. The maximum Gasteiger partial charge on any atom is 0.127 e. The van der Waals surface area contributed by atoms with Crippen molar-refractivity contribution >= 4 is 27.5 Å². The molecule has 0 aromatic heterocycles. The fraction of sp³-hybridized carbons (Fsp3) is 0.200. The Bertz CT molecular complexity index is 617. The average molecular weight is 339 g/mol. The largest absolute Gasteiger partial charge is 0.485 e. The fourth-order valence-electron chi connectivity index (χ4n) is 2.40. The van der Waals surface area contributed by atoms with Crippen molar-refractivity contribution in [3.63, 3.8) is 0 Å². The van der Waals surface area contributed by atoms with Gasteiger partial charge in [-0.05, 0) is 24.3 Å². The Labute approximate surface area is 125 Å². The van der Waals surface area contributed by atoms with Crippen molar-refractivity contribution in [2.24, 2.45) is 5.73 Å². The molecule has 0 spiro atoms. The first-order valence-electron chi connectivity index (χ1n) is 6.11. The molecule has 1 aliphatic heterocycles. The van der Waals surface area contributed by atoms with Crippen molar-refractivity contribution in [1.29, 1.82) is 0 Å². The van der Waals surface area contributed by atoms with Gasteiger partial charge in [-0.2, -0.15) is 0 Å². The molecule has 2 nitrogen and oxygen atoms in total. The number of ether oxygens (including phenoxy) is 1. The third-order valence-corrected chi connectivity index (χ3v) is 4.32. The lowest BCUT2D eigenvalue weighted by molar-refractivity contribution is 0.161. The molecule has 2 atom stereocenters. The maximum atomic E-state index is 6.23. The molecule has 2 aromatic carbocycles.